The summed E-state index contributed by atoms with van der Waals surface area (Å²) in [5.41, 5.74) is -1.68. The maximum absolute atomic E-state index is 14.0. The molecule has 0 saturated carbocycles. The third kappa shape index (κ3) is 3.49. The van der Waals surface area contributed by atoms with Crippen LogP contribution in [0.5, 0.6) is 0 Å². The second-order valence-electron chi connectivity index (χ2n) is 5.22. The minimum Gasteiger partial charge on any atom is -0.479 e. The molecule has 0 aliphatic rings. The summed E-state index contributed by atoms with van der Waals surface area (Å²) >= 11 is 1.08. The van der Waals surface area contributed by atoms with Crippen LogP contribution in [-0.2, 0) is 16.1 Å². The molecule has 8 heteroatoms. The Hall–Kier alpha value is -2.03. The van der Waals surface area contributed by atoms with E-state index in [4.69, 9.17) is 9.84 Å². The van der Waals surface area contributed by atoms with Crippen LogP contribution in [-0.4, -0.2) is 41.3 Å². The van der Waals surface area contributed by atoms with Gasteiger partial charge in [-0.15, -0.1) is 11.3 Å². The molecule has 0 aliphatic heterocycles. The van der Waals surface area contributed by atoms with Gasteiger partial charge in [-0.2, -0.15) is 0 Å². The van der Waals surface area contributed by atoms with Crippen molar-refractivity contribution in [2.45, 2.75) is 19.1 Å². The summed E-state index contributed by atoms with van der Waals surface area (Å²) in [6.45, 7) is 0.652. The van der Waals surface area contributed by atoms with Gasteiger partial charge in [-0.3, -0.25) is 4.79 Å². The van der Waals surface area contributed by atoms with Crippen LogP contribution in [0.1, 0.15) is 22.2 Å². The van der Waals surface area contributed by atoms with Gasteiger partial charge in [-0.1, -0.05) is 6.07 Å². The number of nitrogens with one attached hydrogen (secondary N) is 1. The third-order valence-electron chi connectivity index (χ3n) is 3.31. The smallest absolute Gasteiger partial charge is 0.337 e. The van der Waals surface area contributed by atoms with Gasteiger partial charge >= 0.3 is 5.97 Å². The van der Waals surface area contributed by atoms with E-state index in [0.717, 1.165) is 18.3 Å². The molecule has 1 aromatic heterocycles. The second kappa shape index (κ2) is 6.61. The van der Waals surface area contributed by atoms with Crippen molar-refractivity contribution in [2.24, 2.45) is 0 Å². The molecule has 0 saturated heterocycles. The van der Waals surface area contributed by atoms with Gasteiger partial charge in [-0.25, -0.2) is 9.18 Å². The lowest BCUT2D eigenvalue weighted by molar-refractivity contribution is -0.155. The zero-order chi connectivity index (χ0) is 17.2. The number of carboxylic acids is 1. The van der Waals surface area contributed by atoms with Gasteiger partial charge in [0.15, 0.2) is 5.60 Å². The van der Waals surface area contributed by atoms with E-state index in [0.29, 0.717) is 15.6 Å². The average Bonchev–Trinajstić information content (AvgIpc) is 2.85. The van der Waals surface area contributed by atoms with Gasteiger partial charge in [0, 0.05) is 22.8 Å². The Morgan fingerprint density at radius 3 is 2.74 bits per heavy atom. The molecular formula is C15H16FNO5S. The molecule has 1 heterocycles. The first kappa shape index (κ1) is 17.3. The van der Waals surface area contributed by atoms with E-state index in [1.807, 2.05) is 0 Å². The summed E-state index contributed by atoms with van der Waals surface area (Å²) < 4.78 is 19.7. The number of carbonyl (C=O) groups is 2. The van der Waals surface area contributed by atoms with Crippen molar-refractivity contribution in [2.75, 3.05) is 13.7 Å². The number of methoxy groups -OCH3 is 1. The van der Waals surface area contributed by atoms with Crippen LogP contribution in [0.4, 0.5) is 4.39 Å². The third-order valence-corrected chi connectivity index (χ3v) is 4.51. The van der Waals surface area contributed by atoms with Gasteiger partial charge in [-0.05, 0) is 19.1 Å². The lowest BCUT2D eigenvalue weighted by atomic mass is 10.1. The summed E-state index contributed by atoms with van der Waals surface area (Å²) in [6, 6.07) is 4.53. The van der Waals surface area contributed by atoms with Crippen molar-refractivity contribution < 1.29 is 28.9 Å². The molecule has 0 bridgehead atoms. The average molecular weight is 341 g/mol. The zero-order valence-corrected chi connectivity index (χ0v) is 13.4. The zero-order valence-electron chi connectivity index (χ0n) is 12.6. The first-order valence-corrected chi connectivity index (χ1v) is 7.52. The molecule has 23 heavy (non-hydrogen) atoms. The monoisotopic (exact) mass is 341 g/mol. The van der Waals surface area contributed by atoms with Crippen molar-refractivity contribution >= 4 is 33.3 Å². The number of aliphatic hydroxyl groups is 1. The molecule has 124 valence electrons. The van der Waals surface area contributed by atoms with Crippen molar-refractivity contribution in [3.8, 4) is 0 Å². The van der Waals surface area contributed by atoms with Crippen LogP contribution >= 0.6 is 11.3 Å². The molecular weight excluding hydrogens is 325 g/mol. The van der Waals surface area contributed by atoms with Crippen LogP contribution in [0.3, 0.4) is 0 Å². The first-order chi connectivity index (χ1) is 10.8. The van der Waals surface area contributed by atoms with Gasteiger partial charge in [0.25, 0.3) is 5.91 Å². The van der Waals surface area contributed by atoms with E-state index in [1.54, 1.807) is 12.1 Å². The Kier molecular flexibility index (Phi) is 4.98. The summed E-state index contributed by atoms with van der Waals surface area (Å²) in [4.78, 5) is 23.4. The predicted octanol–water partition coefficient (Wildman–Crippen LogP) is 1.75. The molecule has 0 spiro atoms. The van der Waals surface area contributed by atoms with Crippen molar-refractivity contribution in [3.63, 3.8) is 0 Å². The number of rotatable bonds is 6. The van der Waals surface area contributed by atoms with E-state index in [2.05, 4.69) is 5.32 Å². The number of fused-ring (bicyclic) bond motifs is 1. The Balaban J connectivity index is 2.35. The number of thiophene rings is 1. The summed E-state index contributed by atoms with van der Waals surface area (Å²) in [7, 11) is 1.43. The Labute approximate surface area is 135 Å². The van der Waals surface area contributed by atoms with Gasteiger partial charge in [0.05, 0.1) is 18.0 Å². The van der Waals surface area contributed by atoms with Crippen molar-refractivity contribution in [1.82, 2.24) is 5.32 Å². The number of ether oxygens (including phenoxy) is 1. The molecule has 6 nitrogen and oxygen atoms in total. The summed E-state index contributed by atoms with van der Waals surface area (Å²) in [5, 5.41) is 21.2. The standard InChI is InChI=1S/C15H16FNO5S/c1-15(21,14(19)20)7-17-13(18)12-8(6-22-2)11-9(16)4-3-5-10(11)23-12/h3-5,21H,6-7H2,1-2H3,(H,17,18)(H,19,20). The number of amides is 1. The van der Waals surface area contributed by atoms with E-state index in [1.165, 1.54) is 13.2 Å². The first-order valence-electron chi connectivity index (χ1n) is 6.70. The normalized spacial score (nSPS) is 13.7. The number of halogens is 1. The molecule has 1 aromatic carbocycles. The van der Waals surface area contributed by atoms with Crippen molar-refractivity contribution in [1.29, 1.82) is 0 Å². The highest BCUT2D eigenvalue weighted by Gasteiger charge is 2.31. The van der Waals surface area contributed by atoms with E-state index >= 15 is 0 Å². The number of aliphatic carboxylic acids is 1. The highest BCUT2D eigenvalue weighted by Crippen LogP contribution is 2.33. The maximum Gasteiger partial charge on any atom is 0.337 e. The molecule has 0 fully saturated rings. The minimum absolute atomic E-state index is 0.0407. The SMILES string of the molecule is COCc1c(C(=O)NCC(C)(O)C(=O)O)sc2cccc(F)c12. The number of carboxylic acid groups (broad SMARTS) is 1. The number of hydrogen-bond donors (Lipinski definition) is 3. The lowest BCUT2D eigenvalue weighted by Crippen LogP contribution is -2.46. The van der Waals surface area contributed by atoms with E-state index in [-0.39, 0.29) is 11.5 Å². The lowest BCUT2D eigenvalue weighted by Gasteiger charge is -2.18. The molecule has 2 aromatic rings. The quantitative estimate of drug-likeness (QED) is 0.744. The molecule has 0 radical (unpaired) electrons. The fourth-order valence-corrected chi connectivity index (χ4v) is 3.18. The molecule has 1 amide bonds. The Morgan fingerprint density at radius 2 is 2.13 bits per heavy atom. The van der Waals surface area contributed by atoms with Gasteiger partial charge in [0.2, 0.25) is 0 Å². The van der Waals surface area contributed by atoms with Crippen LogP contribution in [0.2, 0.25) is 0 Å². The highest BCUT2D eigenvalue weighted by molar-refractivity contribution is 7.21. The minimum atomic E-state index is -2.08. The topological polar surface area (TPSA) is 95.9 Å². The van der Waals surface area contributed by atoms with Crippen LogP contribution in [0.25, 0.3) is 10.1 Å². The van der Waals surface area contributed by atoms with Gasteiger partial charge < -0.3 is 20.3 Å². The Morgan fingerprint density at radius 1 is 1.43 bits per heavy atom. The van der Waals surface area contributed by atoms with Crippen LogP contribution in [0.15, 0.2) is 18.2 Å². The number of benzene rings is 1. The maximum atomic E-state index is 14.0. The summed E-state index contributed by atoms with van der Waals surface area (Å²) in [6.07, 6.45) is 0. The van der Waals surface area contributed by atoms with E-state index < -0.39 is 29.8 Å². The fraction of sp³-hybridized carbons (Fsp3) is 0.333. The predicted molar refractivity (Wildman–Crippen MR) is 83.1 cm³/mol. The highest BCUT2D eigenvalue weighted by atomic mass is 32.1. The second-order valence-corrected chi connectivity index (χ2v) is 6.27. The number of hydrogen-bond acceptors (Lipinski definition) is 5. The molecule has 0 aliphatic carbocycles. The van der Waals surface area contributed by atoms with Crippen LogP contribution < -0.4 is 5.32 Å². The fourth-order valence-electron chi connectivity index (χ4n) is 2.04. The largest absolute Gasteiger partial charge is 0.479 e. The summed E-state index contributed by atoms with van der Waals surface area (Å²) in [5.74, 6) is -2.49. The molecule has 2 rings (SSSR count). The van der Waals surface area contributed by atoms with E-state index in [9.17, 15) is 19.1 Å². The Bertz CT molecular complexity index is 756. The van der Waals surface area contributed by atoms with Crippen molar-refractivity contribution in [3.05, 3.63) is 34.5 Å². The van der Waals surface area contributed by atoms with Crippen LogP contribution in [0, 0.1) is 5.82 Å². The molecule has 1 unspecified atom stereocenters. The number of carbonyl (C=O) groups excluding carboxylic acids is 1. The molecule has 1 atom stereocenters. The van der Waals surface area contributed by atoms with Gasteiger partial charge in [0.1, 0.15) is 5.82 Å². The molecule has 3 N–H and O–H groups in total.